The Bertz CT molecular complexity index is 909. The van der Waals surface area contributed by atoms with Crippen molar-refractivity contribution in [1.82, 2.24) is 9.55 Å². The number of halogens is 1. The van der Waals surface area contributed by atoms with E-state index in [1.54, 1.807) is 18.2 Å². The molecule has 1 aliphatic rings. The lowest BCUT2D eigenvalue weighted by molar-refractivity contribution is 0.102. The highest BCUT2D eigenvalue weighted by Gasteiger charge is 2.17. The van der Waals surface area contributed by atoms with Crippen LogP contribution in [0.3, 0.4) is 0 Å². The number of rotatable bonds is 3. The fourth-order valence-corrected chi connectivity index (χ4v) is 3.41. The molecule has 1 aromatic heterocycles. The van der Waals surface area contributed by atoms with Crippen molar-refractivity contribution in [2.45, 2.75) is 25.8 Å². The molecule has 3 aromatic rings. The maximum atomic E-state index is 12.6. The molecule has 0 unspecified atom stereocenters. The number of hydrogen-bond donors (Lipinski definition) is 1. The molecule has 25 heavy (non-hydrogen) atoms. The quantitative estimate of drug-likeness (QED) is 0.737. The van der Waals surface area contributed by atoms with E-state index < -0.39 is 0 Å². The summed E-state index contributed by atoms with van der Waals surface area (Å²) in [7, 11) is 0. The number of fused-ring (bicyclic) bond motifs is 1. The molecule has 126 valence electrons. The van der Waals surface area contributed by atoms with Crippen LogP contribution in [0.1, 0.15) is 29.0 Å². The number of para-hydroxylation sites is 1. The lowest BCUT2D eigenvalue weighted by atomic mass is 10.1. The van der Waals surface area contributed by atoms with Gasteiger partial charge in [-0.3, -0.25) is 4.79 Å². The summed E-state index contributed by atoms with van der Waals surface area (Å²) in [6, 6.07) is 14.8. The molecule has 1 N–H and O–H groups in total. The molecule has 2 heterocycles. The number of benzene rings is 2. The first-order valence-corrected chi connectivity index (χ1v) is 8.81. The molecule has 4 rings (SSSR count). The molecule has 0 saturated carbocycles. The van der Waals surface area contributed by atoms with Gasteiger partial charge in [-0.25, -0.2) is 4.98 Å². The highest BCUT2D eigenvalue weighted by Crippen LogP contribution is 2.29. The molecular weight excluding hydrogens is 334 g/mol. The maximum absolute atomic E-state index is 12.6. The lowest BCUT2D eigenvalue weighted by Crippen LogP contribution is -2.13. The third-order valence-corrected chi connectivity index (χ3v) is 4.81. The van der Waals surface area contributed by atoms with Crippen molar-refractivity contribution in [3.63, 3.8) is 0 Å². The largest absolute Gasteiger partial charge is 0.334 e. The van der Waals surface area contributed by atoms with Crippen LogP contribution in [0.2, 0.25) is 5.02 Å². The second-order valence-corrected chi connectivity index (χ2v) is 6.58. The van der Waals surface area contributed by atoms with E-state index in [0.717, 1.165) is 35.7 Å². The van der Waals surface area contributed by atoms with E-state index in [9.17, 15) is 4.79 Å². The minimum absolute atomic E-state index is 0.220. The van der Waals surface area contributed by atoms with E-state index in [0.29, 0.717) is 10.6 Å². The molecule has 0 atom stereocenters. The third kappa shape index (κ3) is 3.17. The van der Waals surface area contributed by atoms with Gasteiger partial charge >= 0.3 is 0 Å². The normalized spacial score (nSPS) is 13.3. The van der Waals surface area contributed by atoms with Crippen LogP contribution in [0.5, 0.6) is 0 Å². The first-order valence-electron chi connectivity index (χ1n) is 8.44. The van der Waals surface area contributed by atoms with Gasteiger partial charge in [-0.05, 0) is 31.0 Å². The summed E-state index contributed by atoms with van der Waals surface area (Å²) in [5, 5.41) is 3.41. The molecule has 0 saturated heterocycles. The molecule has 5 heteroatoms. The molecule has 0 fully saturated rings. The van der Waals surface area contributed by atoms with Crippen molar-refractivity contribution < 1.29 is 4.79 Å². The Balaban J connectivity index is 1.67. The molecule has 4 nitrogen and oxygen atoms in total. The number of nitrogens with zero attached hydrogens (tertiary/aromatic N) is 2. The summed E-state index contributed by atoms with van der Waals surface area (Å²) in [6.45, 7) is 1.01. The molecule has 2 aromatic carbocycles. The van der Waals surface area contributed by atoms with Gasteiger partial charge in [0.2, 0.25) is 0 Å². The SMILES string of the molecule is O=C(Nc1ccccc1-c1cn2c(n1)CCCC2)c1ccccc1Cl. The number of aromatic nitrogens is 2. The Kier molecular flexibility index (Phi) is 4.28. The fraction of sp³-hybridized carbons (Fsp3) is 0.200. The zero-order valence-corrected chi connectivity index (χ0v) is 14.5. The summed E-state index contributed by atoms with van der Waals surface area (Å²) in [5.41, 5.74) is 3.02. The first-order chi connectivity index (χ1) is 12.2. The van der Waals surface area contributed by atoms with Crippen molar-refractivity contribution in [2.75, 3.05) is 5.32 Å². The molecule has 0 bridgehead atoms. The minimum Gasteiger partial charge on any atom is -0.334 e. The number of carbonyl (C=O) groups excluding carboxylic acids is 1. The van der Waals surface area contributed by atoms with Crippen LogP contribution in [0.4, 0.5) is 5.69 Å². The van der Waals surface area contributed by atoms with Crippen molar-refractivity contribution >= 4 is 23.2 Å². The molecule has 0 spiro atoms. The van der Waals surface area contributed by atoms with Crippen LogP contribution in [-0.2, 0) is 13.0 Å². The number of amides is 1. The van der Waals surface area contributed by atoms with E-state index in [1.807, 2.05) is 30.3 Å². The summed E-state index contributed by atoms with van der Waals surface area (Å²) in [5.74, 6) is 0.899. The van der Waals surface area contributed by atoms with Crippen molar-refractivity contribution in [3.8, 4) is 11.3 Å². The monoisotopic (exact) mass is 351 g/mol. The van der Waals surface area contributed by atoms with E-state index in [4.69, 9.17) is 16.6 Å². The van der Waals surface area contributed by atoms with Gasteiger partial charge in [0.1, 0.15) is 5.82 Å². The molecule has 1 amide bonds. The van der Waals surface area contributed by atoms with Crippen molar-refractivity contribution in [3.05, 3.63) is 71.1 Å². The van der Waals surface area contributed by atoms with Crippen LogP contribution in [-0.4, -0.2) is 15.5 Å². The van der Waals surface area contributed by atoms with E-state index >= 15 is 0 Å². The van der Waals surface area contributed by atoms with E-state index in [-0.39, 0.29) is 5.91 Å². The fourth-order valence-electron chi connectivity index (χ4n) is 3.19. The van der Waals surface area contributed by atoms with Crippen LogP contribution in [0, 0.1) is 0 Å². The second kappa shape index (κ2) is 6.73. The number of imidazole rings is 1. The van der Waals surface area contributed by atoms with E-state index in [1.165, 1.54) is 12.8 Å². The number of carbonyl (C=O) groups is 1. The Hall–Kier alpha value is -2.59. The van der Waals surface area contributed by atoms with Gasteiger partial charge in [0, 0.05) is 24.7 Å². The van der Waals surface area contributed by atoms with Crippen LogP contribution in [0.25, 0.3) is 11.3 Å². The van der Waals surface area contributed by atoms with Gasteiger partial charge in [-0.1, -0.05) is 41.9 Å². The van der Waals surface area contributed by atoms with Crippen molar-refractivity contribution in [2.24, 2.45) is 0 Å². The highest BCUT2D eigenvalue weighted by atomic mass is 35.5. The Morgan fingerprint density at radius 2 is 1.88 bits per heavy atom. The minimum atomic E-state index is -0.220. The predicted molar refractivity (Wildman–Crippen MR) is 100 cm³/mol. The second-order valence-electron chi connectivity index (χ2n) is 6.17. The Morgan fingerprint density at radius 1 is 1.08 bits per heavy atom. The molecule has 1 aliphatic heterocycles. The highest BCUT2D eigenvalue weighted by molar-refractivity contribution is 6.34. The van der Waals surface area contributed by atoms with Gasteiger partial charge in [0.05, 0.1) is 22.0 Å². The number of anilines is 1. The zero-order chi connectivity index (χ0) is 17.2. The first kappa shape index (κ1) is 15.9. The third-order valence-electron chi connectivity index (χ3n) is 4.48. The standard InChI is InChI=1S/C20H18ClN3O/c21-16-9-3-1-7-14(16)20(25)23-17-10-4-2-8-15(17)18-13-24-12-6-5-11-19(24)22-18/h1-4,7-10,13H,5-6,11-12H2,(H,23,25). The zero-order valence-electron chi connectivity index (χ0n) is 13.7. The Morgan fingerprint density at radius 3 is 2.72 bits per heavy atom. The summed E-state index contributed by atoms with van der Waals surface area (Å²) in [6.07, 6.45) is 5.46. The van der Waals surface area contributed by atoms with Crippen LogP contribution in [0.15, 0.2) is 54.7 Å². The summed E-state index contributed by atoms with van der Waals surface area (Å²) >= 11 is 6.13. The summed E-state index contributed by atoms with van der Waals surface area (Å²) in [4.78, 5) is 17.4. The lowest BCUT2D eigenvalue weighted by Gasteiger charge is -2.11. The van der Waals surface area contributed by atoms with Crippen molar-refractivity contribution in [1.29, 1.82) is 0 Å². The molecule has 0 aliphatic carbocycles. The molecular formula is C20H18ClN3O. The van der Waals surface area contributed by atoms with Gasteiger partial charge < -0.3 is 9.88 Å². The smallest absolute Gasteiger partial charge is 0.257 e. The number of hydrogen-bond acceptors (Lipinski definition) is 2. The maximum Gasteiger partial charge on any atom is 0.257 e. The number of nitrogens with one attached hydrogen (secondary N) is 1. The average Bonchev–Trinajstić information content (AvgIpc) is 3.06. The van der Waals surface area contributed by atoms with Gasteiger partial charge in [-0.15, -0.1) is 0 Å². The number of aryl methyl sites for hydroxylation is 2. The predicted octanol–water partition coefficient (Wildman–Crippen LogP) is 4.79. The average molecular weight is 352 g/mol. The summed E-state index contributed by atoms with van der Waals surface area (Å²) < 4.78 is 2.21. The topological polar surface area (TPSA) is 46.9 Å². The Labute approximate surface area is 151 Å². The van der Waals surface area contributed by atoms with Crippen LogP contribution >= 0.6 is 11.6 Å². The van der Waals surface area contributed by atoms with Gasteiger partial charge in [0.25, 0.3) is 5.91 Å². The van der Waals surface area contributed by atoms with Gasteiger partial charge in [0.15, 0.2) is 0 Å². The van der Waals surface area contributed by atoms with Crippen LogP contribution < -0.4 is 5.32 Å². The van der Waals surface area contributed by atoms with Gasteiger partial charge in [-0.2, -0.15) is 0 Å². The van der Waals surface area contributed by atoms with E-state index in [2.05, 4.69) is 16.1 Å². The molecule has 0 radical (unpaired) electrons.